The minimum absolute atomic E-state index is 0.0527. The predicted molar refractivity (Wildman–Crippen MR) is 131 cm³/mol. The second-order valence-electron chi connectivity index (χ2n) is 7.23. The molecule has 0 saturated carbocycles. The molecule has 33 heavy (non-hydrogen) atoms. The molecule has 1 heterocycles. The highest BCUT2D eigenvalue weighted by atomic mass is 35.5. The van der Waals surface area contributed by atoms with Crippen LogP contribution in [0, 0.1) is 6.92 Å². The number of carbonyl (C=O) groups is 3. The van der Waals surface area contributed by atoms with Crippen molar-refractivity contribution in [3.05, 3.63) is 98.6 Å². The summed E-state index contributed by atoms with van der Waals surface area (Å²) in [6.07, 6.45) is 0. The zero-order chi connectivity index (χ0) is 23.7. The normalized spacial score (nSPS) is 13.5. The summed E-state index contributed by atoms with van der Waals surface area (Å²) in [5.41, 5.74) is 2.67. The minimum Gasteiger partial charge on any atom is -0.350 e. The SMILES string of the molecule is Cc1ccc(NC(=O)c2ccc(NC3=C(Cl)C(=O)N(c4ccc(Cl)cc4)C3=O)cc2)cc1Cl. The van der Waals surface area contributed by atoms with Crippen LogP contribution in [-0.2, 0) is 9.59 Å². The number of carbonyl (C=O) groups excluding carboxylic acids is 3. The van der Waals surface area contributed by atoms with Gasteiger partial charge in [-0.1, -0.05) is 40.9 Å². The van der Waals surface area contributed by atoms with Gasteiger partial charge in [-0.05, 0) is 73.2 Å². The van der Waals surface area contributed by atoms with Gasteiger partial charge in [-0.3, -0.25) is 14.4 Å². The average molecular weight is 501 g/mol. The van der Waals surface area contributed by atoms with Gasteiger partial charge in [0.2, 0.25) is 0 Å². The first-order valence-corrected chi connectivity index (χ1v) is 10.9. The third-order valence-corrected chi connectivity index (χ3v) is 5.97. The molecule has 0 aromatic heterocycles. The molecular weight excluding hydrogens is 485 g/mol. The largest absolute Gasteiger partial charge is 0.350 e. The summed E-state index contributed by atoms with van der Waals surface area (Å²) in [4.78, 5) is 38.9. The van der Waals surface area contributed by atoms with Crippen LogP contribution in [0.3, 0.4) is 0 Å². The third kappa shape index (κ3) is 4.73. The van der Waals surface area contributed by atoms with E-state index in [0.29, 0.717) is 32.7 Å². The van der Waals surface area contributed by atoms with Crippen LogP contribution in [0.4, 0.5) is 17.1 Å². The second kappa shape index (κ2) is 9.27. The van der Waals surface area contributed by atoms with Gasteiger partial charge >= 0.3 is 0 Å². The van der Waals surface area contributed by atoms with Crippen LogP contribution in [0.5, 0.6) is 0 Å². The summed E-state index contributed by atoms with van der Waals surface area (Å²) in [7, 11) is 0. The molecule has 0 atom stereocenters. The standard InChI is InChI=1S/C24H16Cl3N3O3/c1-13-2-7-17(12-19(13)26)29-22(31)14-3-8-16(9-4-14)28-21-20(27)23(32)30(24(21)33)18-10-5-15(25)6-11-18/h2-12,28H,1H3,(H,29,31). The van der Waals surface area contributed by atoms with Crippen molar-refractivity contribution >= 4 is 69.6 Å². The number of nitrogens with one attached hydrogen (secondary N) is 2. The number of anilines is 3. The molecular formula is C24H16Cl3N3O3. The molecule has 0 saturated heterocycles. The summed E-state index contributed by atoms with van der Waals surface area (Å²) >= 11 is 18.1. The van der Waals surface area contributed by atoms with Crippen molar-refractivity contribution in [3.63, 3.8) is 0 Å². The molecule has 2 N–H and O–H groups in total. The Kier molecular flexibility index (Phi) is 6.42. The Balaban J connectivity index is 1.47. The molecule has 166 valence electrons. The highest BCUT2D eigenvalue weighted by Gasteiger charge is 2.38. The molecule has 1 aliphatic heterocycles. The van der Waals surface area contributed by atoms with Gasteiger partial charge < -0.3 is 10.6 Å². The number of hydrogen-bond donors (Lipinski definition) is 2. The van der Waals surface area contributed by atoms with Crippen molar-refractivity contribution in [2.75, 3.05) is 15.5 Å². The van der Waals surface area contributed by atoms with E-state index in [1.165, 1.54) is 0 Å². The first-order valence-electron chi connectivity index (χ1n) is 9.73. The lowest BCUT2D eigenvalue weighted by Gasteiger charge is -2.15. The Morgan fingerprint density at radius 3 is 2.09 bits per heavy atom. The molecule has 0 spiro atoms. The Bertz CT molecular complexity index is 1300. The number of amides is 3. The van der Waals surface area contributed by atoms with Crippen molar-refractivity contribution in [3.8, 4) is 0 Å². The first-order chi connectivity index (χ1) is 15.7. The summed E-state index contributed by atoms with van der Waals surface area (Å²) in [6, 6.07) is 17.9. The van der Waals surface area contributed by atoms with Crippen LogP contribution >= 0.6 is 34.8 Å². The van der Waals surface area contributed by atoms with Crippen LogP contribution in [0.2, 0.25) is 10.0 Å². The van der Waals surface area contributed by atoms with Gasteiger partial charge in [0.1, 0.15) is 10.7 Å². The van der Waals surface area contributed by atoms with Gasteiger partial charge in [0, 0.05) is 27.0 Å². The van der Waals surface area contributed by atoms with E-state index in [9.17, 15) is 14.4 Å². The van der Waals surface area contributed by atoms with Crippen molar-refractivity contribution < 1.29 is 14.4 Å². The molecule has 0 unspecified atom stereocenters. The van der Waals surface area contributed by atoms with Gasteiger partial charge in [0.05, 0.1) is 5.69 Å². The van der Waals surface area contributed by atoms with Crippen molar-refractivity contribution in [2.45, 2.75) is 6.92 Å². The fourth-order valence-electron chi connectivity index (χ4n) is 3.16. The molecule has 1 aliphatic rings. The van der Waals surface area contributed by atoms with Crippen molar-refractivity contribution in [1.82, 2.24) is 0 Å². The number of imide groups is 1. The smallest absolute Gasteiger partial charge is 0.283 e. The van der Waals surface area contributed by atoms with E-state index >= 15 is 0 Å². The van der Waals surface area contributed by atoms with E-state index in [4.69, 9.17) is 34.8 Å². The highest BCUT2D eigenvalue weighted by molar-refractivity contribution is 6.53. The summed E-state index contributed by atoms with van der Waals surface area (Å²) in [6.45, 7) is 1.87. The molecule has 3 aromatic rings. The van der Waals surface area contributed by atoms with E-state index in [-0.39, 0.29) is 16.6 Å². The van der Waals surface area contributed by atoms with Crippen LogP contribution in [0.1, 0.15) is 15.9 Å². The quantitative estimate of drug-likeness (QED) is 0.422. The maximum atomic E-state index is 12.8. The number of halogens is 3. The lowest BCUT2D eigenvalue weighted by atomic mass is 10.1. The lowest BCUT2D eigenvalue weighted by molar-refractivity contribution is -0.120. The lowest BCUT2D eigenvalue weighted by Crippen LogP contribution is -2.32. The number of nitrogens with zero attached hydrogens (tertiary/aromatic N) is 1. The predicted octanol–water partition coefficient (Wildman–Crippen LogP) is 5.99. The van der Waals surface area contributed by atoms with Crippen LogP contribution < -0.4 is 15.5 Å². The minimum atomic E-state index is -0.640. The van der Waals surface area contributed by atoms with E-state index in [1.54, 1.807) is 60.7 Å². The number of hydrogen-bond acceptors (Lipinski definition) is 4. The van der Waals surface area contributed by atoms with Gasteiger partial charge in [-0.2, -0.15) is 0 Å². The van der Waals surface area contributed by atoms with Crippen LogP contribution in [-0.4, -0.2) is 17.7 Å². The summed E-state index contributed by atoms with van der Waals surface area (Å²) in [5.74, 6) is -1.55. The number of benzene rings is 3. The zero-order valence-corrected chi connectivity index (χ0v) is 19.4. The number of aryl methyl sites for hydroxylation is 1. The highest BCUT2D eigenvalue weighted by Crippen LogP contribution is 2.31. The molecule has 0 fully saturated rings. The molecule has 9 heteroatoms. The fourth-order valence-corrected chi connectivity index (χ4v) is 3.68. The van der Waals surface area contributed by atoms with E-state index in [2.05, 4.69) is 10.6 Å². The van der Waals surface area contributed by atoms with Gasteiger partial charge in [-0.25, -0.2) is 4.90 Å². The number of rotatable bonds is 5. The molecule has 3 amide bonds. The van der Waals surface area contributed by atoms with Gasteiger partial charge in [0.25, 0.3) is 17.7 Å². The summed E-state index contributed by atoms with van der Waals surface area (Å²) < 4.78 is 0. The Morgan fingerprint density at radius 2 is 1.45 bits per heavy atom. The third-order valence-electron chi connectivity index (χ3n) is 4.96. The second-order valence-corrected chi connectivity index (χ2v) is 8.45. The molecule has 3 aromatic carbocycles. The van der Waals surface area contributed by atoms with Crippen molar-refractivity contribution in [2.24, 2.45) is 0 Å². The van der Waals surface area contributed by atoms with Gasteiger partial charge in [-0.15, -0.1) is 0 Å². The van der Waals surface area contributed by atoms with E-state index in [1.807, 2.05) is 13.0 Å². The van der Waals surface area contributed by atoms with Crippen molar-refractivity contribution in [1.29, 1.82) is 0 Å². The average Bonchev–Trinajstić information content (AvgIpc) is 3.00. The Hall–Kier alpha value is -3.32. The summed E-state index contributed by atoms with van der Waals surface area (Å²) in [5, 5.41) is 6.45. The Labute approximate surface area is 204 Å². The molecule has 4 rings (SSSR count). The topological polar surface area (TPSA) is 78.5 Å². The molecule has 6 nitrogen and oxygen atoms in total. The van der Waals surface area contributed by atoms with Crippen LogP contribution in [0.25, 0.3) is 0 Å². The Morgan fingerprint density at radius 1 is 0.818 bits per heavy atom. The maximum Gasteiger partial charge on any atom is 0.283 e. The maximum absolute atomic E-state index is 12.8. The van der Waals surface area contributed by atoms with E-state index in [0.717, 1.165) is 10.5 Å². The molecule has 0 bridgehead atoms. The van der Waals surface area contributed by atoms with Crippen LogP contribution in [0.15, 0.2) is 77.5 Å². The fraction of sp³-hybridized carbons (Fsp3) is 0.0417. The van der Waals surface area contributed by atoms with Gasteiger partial charge in [0.15, 0.2) is 0 Å². The van der Waals surface area contributed by atoms with E-state index < -0.39 is 11.8 Å². The molecule has 0 radical (unpaired) electrons. The molecule has 0 aliphatic carbocycles. The zero-order valence-electron chi connectivity index (χ0n) is 17.2. The first kappa shape index (κ1) is 22.9. The monoisotopic (exact) mass is 499 g/mol.